The van der Waals surface area contributed by atoms with Gasteiger partial charge in [-0.15, -0.1) is 0 Å². The molecule has 2 rings (SSSR count). The summed E-state index contributed by atoms with van der Waals surface area (Å²) in [6.45, 7) is 3.35. The number of anilines is 1. The second-order valence-electron chi connectivity index (χ2n) is 4.86. The molecule has 1 aliphatic heterocycles. The summed E-state index contributed by atoms with van der Waals surface area (Å²) in [5, 5.41) is 8.88. The number of halogens is 2. The first-order chi connectivity index (χ1) is 8.27. The molecule has 0 aliphatic carbocycles. The van der Waals surface area contributed by atoms with Crippen molar-refractivity contribution < 1.29 is 18.7 Å². The smallest absolute Gasteiger partial charge is 0.407 e. The fourth-order valence-electron chi connectivity index (χ4n) is 2.51. The van der Waals surface area contributed by atoms with Gasteiger partial charge in [0.1, 0.15) is 11.6 Å². The van der Waals surface area contributed by atoms with Crippen molar-refractivity contribution in [3.05, 3.63) is 29.3 Å². The summed E-state index contributed by atoms with van der Waals surface area (Å²) < 4.78 is 27.7. The molecular weight excluding hydrogens is 242 g/mol. The lowest BCUT2D eigenvalue weighted by Gasteiger charge is -2.53. The van der Waals surface area contributed by atoms with Crippen molar-refractivity contribution in [3.8, 4) is 0 Å². The Morgan fingerprint density at radius 1 is 1.50 bits per heavy atom. The van der Waals surface area contributed by atoms with Crippen LogP contribution >= 0.6 is 0 Å². The summed E-state index contributed by atoms with van der Waals surface area (Å²) in [5.41, 5.74) is 4.41. The predicted molar refractivity (Wildman–Crippen MR) is 62.3 cm³/mol. The summed E-state index contributed by atoms with van der Waals surface area (Å²) in [6, 6.07) is 1.63. The molecule has 6 heteroatoms. The van der Waals surface area contributed by atoms with Crippen LogP contribution in [0.1, 0.15) is 19.4 Å². The van der Waals surface area contributed by atoms with E-state index in [9.17, 15) is 13.6 Å². The number of nitrogens with zero attached hydrogens (tertiary/aromatic N) is 1. The van der Waals surface area contributed by atoms with E-state index in [2.05, 4.69) is 0 Å². The molecule has 1 saturated heterocycles. The SMILES string of the molecule is CC1N(C(=O)O)CC1(C)c1c(F)cc(N)cc1F. The van der Waals surface area contributed by atoms with Gasteiger partial charge in [0.05, 0.1) is 0 Å². The molecule has 1 aromatic rings. The minimum Gasteiger partial charge on any atom is -0.465 e. The zero-order chi connectivity index (χ0) is 13.7. The maximum Gasteiger partial charge on any atom is 0.407 e. The van der Waals surface area contributed by atoms with E-state index >= 15 is 0 Å². The summed E-state index contributed by atoms with van der Waals surface area (Å²) in [5.74, 6) is -1.46. The van der Waals surface area contributed by atoms with Crippen LogP contribution in [0, 0.1) is 11.6 Å². The molecule has 2 unspecified atom stereocenters. The molecule has 0 spiro atoms. The highest BCUT2D eigenvalue weighted by atomic mass is 19.1. The van der Waals surface area contributed by atoms with E-state index in [0.29, 0.717) is 0 Å². The minimum absolute atomic E-state index is 0.0133. The maximum absolute atomic E-state index is 13.8. The van der Waals surface area contributed by atoms with Gasteiger partial charge >= 0.3 is 6.09 Å². The van der Waals surface area contributed by atoms with Gasteiger partial charge in [0.2, 0.25) is 0 Å². The molecule has 18 heavy (non-hydrogen) atoms. The van der Waals surface area contributed by atoms with Crippen LogP contribution in [0.2, 0.25) is 0 Å². The van der Waals surface area contributed by atoms with Crippen LogP contribution in [0.4, 0.5) is 19.3 Å². The molecule has 0 aromatic heterocycles. The van der Waals surface area contributed by atoms with Crippen molar-refractivity contribution in [2.75, 3.05) is 12.3 Å². The van der Waals surface area contributed by atoms with Gasteiger partial charge in [-0.2, -0.15) is 0 Å². The van der Waals surface area contributed by atoms with Gasteiger partial charge in [-0.25, -0.2) is 13.6 Å². The van der Waals surface area contributed by atoms with Crippen molar-refractivity contribution in [3.63, 3.8) is 0 Å². The van der Waals surface area contributed by atoms with Gasteiger partial charge < -0.3 is 15.7 Å². The average molecular weight is 256 g/mol. The van der Waals surface area contributed by atoms with Crippen molar-refractivity contribution in [1.82, 2.24) is 4.90 Å². The lowest BCUT2D eigenvalue weighted by molar-refractivity contribution is 0.0126. The number of benzene rings is 1. The van der Waals surface area contributed by atoms with Crippen LogP contribution in [0.3, 0.4) is 0 Å². The average Bonchev–Trinajstić information content (AvgIpc) is 2.23. The first kappa shape index (κ1) is 12.6. The third-order valence-electron chi connectivity index (χ3n) is 3.77. The first-order valence-electron chi connectivity index (χ1n) is 5.52. The number of amides is 1. The molecule has 1 fully saturated rings. The quantitative estimate of drug-likeness (QED) is 0.757. The molecule has 4 nitrogen and oxygen atoms in total. The Morgan fingerprint density at radius 2 is 2.00 bits per heavy atom. The molecule has 98 valence electrons. The topological polar surface area (TPSA) is 66.6 Å². The zero-order valence-electron chi connectivity index (χ0n) is 10.1. The van der Waals surface area contributed by atoms with Crippen molar-refractivity contribution >= 4 is 11.8 Å². The van der Waals surface area contributed by atoms with E-state index in [1.54, 1.807) is 13.8 Å². The molecule has 1 heterocycles. The number of hydrogen-bond donors (Lipinski definition) is 2. The van der Waals surface area contributed by atoms with E-state index in [1.165, 1.54) is 0 Å². The third-order valence-corrected chi connectivity index (χ3v) is 3.77. The predicted octanol–water partition coefficient (Wildman–Crippen LogP) is 2.19. The van der Waals surface area contributed by atoms with Gasteiger partial charge in [-0.05, 0) is 19.1 Å². The van der Waals surface area contributed by atoms with Crippen LogP contribution in [-0.4, -0.2) is 28.7 Å². The highest BCUT2D eigenvalue weighted by Gasteiger charge is 2.52. The summed E-state index contributed by atoms with van der Waals surface area (Å²) in [6.07, 6.45) is -1.09. The summed E-state index contributed by atoms with van der Waals surface area (Å²) in [4.78, 5) is 12.0. The summed E-state index contributed by atoms with van der Waals surface area (Å²) in [7, 11) is 0. The number of nitrogen functional groups attached to an aromatic ring is 1. The Hall–Kier alpha value is -1.85. The fourth-order valence-corrected chi connectivity index (χ4v) is 2.51. The lowest BCUT2D eigenvalue weighted by atomic mass is 9.68. The molecule has 1 amide bonds. The van der Waals surface area contributed by atoms with E-state index in [-0.39, 0.29) is 17.8 Å². The number of rotatable bonds is 1. The first-order valence-corrected chi connectivity index (χ1v) is 5.52. The second-order valence-corrected chi connectivity index (χ2v) is 4.86. The largest absolute Gasteiger partial charge is 0.465 e. The van der Waals surface area contributed by atoms with Crippen LogP contribution in [0.15, 0.2) is 12.1 Å². The van der Waals surface area contributed by atoms with Crippen LogP contribution < -0.4 is 5.73 Å². The van der Waals surface area contributed by atoms with Gasteiger partial charge in [0.15, 0.2) is 0 Å². The minimum atomic E-state index is -1.09. The Bertz CT molecular complexity index is 498. The second kappa shape index (κ2) is 3.83. The standard InChI is InChI=1S/C12H14F2N2O2/c1-6-12(2,5-16(6)11(17)18)10-8(13)3-7(15)4-9(10)14/h3-4,6H,5,15H2,1-2H3,(H,17,18). The van der Waals surface area contributed by atoms with Gasteiger partial charge in [-0.1, -0.05) is 6.92 Å². The highest BCUT2D eigenvalue weighted by Crippen LogP contribution is 2.43. The number of nitrogens with two attached hydrogens (primary N) is 1. The zero-order valence-corrected chi connectivity index (χ0v) is 10.1. The monoisotopic (exact) mass is 256 g/mol. The van der Waals surface area contributed by atoms with E-state index < -0.39 is 29.2 Å². The van der Waals surface area contributed by atoms with E-state index in [0.717, 1.165) is 17.0 Å². The molecule has 0 bridgehead atoms. The van der Waals surface area contributed by atoms with E-state index in [4.69, 9.17) is 10.8 Å². The van der Waals surface area contributed by atoms with Crippen LogP contribution in [-0.2, 0) is 5.41 Å². The Labute approximate surface area is 103 Å². The number of carboxylic acid groups (broad SMARTS) is 1. The number of carbonyl (C=O) groups is 1. The lowest BCUT2D eigenvalue weighted by Crippen LogP contribution is -2.66. The van der Waals surface area contributed by atoms with Crippen molar-refractivity contribution in [1.29, 1.82) is 0 Å². The van der Waals surface area contributed by atoms with Gasteiger partial charge in [-0.3, -0.25) is 0 Å². The Morgan fingerprint density at radius 3 is 2.39 bits per heavy atom. The molecular formula is C12H14F2N2O2. The molecule has 0 radical (unpaired) electrons. The Balaban J connectivity index is 2.42. The molecule has 1 aliphatic rings. The Kier molecular flexibility index (Phi) is 2.68. The molecule has 2 atom stereocenters. The highest BCUT2D eigenvalue weighted by molar-refractivity contribution is 5.68. The maximum atomic E-state index is 13.8. The molecule has 1 aromatic carbocycles. The number of likely N-dealkylation sites (tertiary alicyclic amines) is 1. The third kappa shape index (κ3) is 1.60. The molecule has 0 saturated carbocycles. The van der Waals surface area contributed by atoms with Gasteiger partial charge in [0, 0.05) is 29.3 Å². The fraction of sp³-hybridized carbons (Fsp3) is 0.417. The normalized spacial score (nSPS) is 26.9. The number of hydrogen-bond acceptors (Lipinski definition) is 2. The van der Waals surface area contributed by atoms with Crippen molar-refractivity contribution in [2.24, 2.45) is 0 Å². The van der Waals surface area contributed by atoms with Crippen molar-refractivity contribution in [2.45, 2.75) is 25.3 Å². The van der Waals surface area contributed by atoms with Gasteiger partial charge in [0.25, 0.3) is 0 Å². The molecule has 3 N–H and O–H groups in total. The van der Waals surface area contributed by atoms with E-state index in [1.807, 2.05) is 0 Å². The summed E-state index contributed by atoms with van der Waals surface area (Å²) >= 11 is 0. The van der Waals surface area contributed by atoms with Crippen LogP contribution in [0.5, 0.6) is 0 Å². The van der Waals surface area contributed by atoms with Crippen LogP contribution in [0.25, 0.3) is 0 Å².